The monoisotopic (exact) mass is 838 g/mol. The topological polar surface area (TPSA) is 43.6 Å². The molecular weight excluding hydrogens is 805 g/mol. The van der Waals surface area contributed by atoms with Crippen molar-refractivity contribution in [1.29, 1.82) is 0 Å². The van der Waals surface area contributed by atoms with Crippen molar-refractivity contribution >= 4 is 84.8 Å². The maximum atomic E-state index is 5.42. The van der Waals surface area contributed by atoms with Crippen LogP contribution in [0.4, 0.5) is 0 Å². The highest BCUT2D eigenvalue weighted by Crippen LogP contribution is 2.45. The molecule has 0 saturated heterocycles. The third-order valence-corrected chi connectivity index (χ3v) is 14.6. The van der Waals surface area contributed by atoms with Crippen molar-refractivity contribution in [2.75, 3.05) is 0 Å². The summed E-state index contributed by atoms with van der Waals surface area (Å²) in [5, 5.41) is 7.26. The first kappa shape index (κ1) is 35.9. The molecule has 4 nitrogen and oxygen atoms in total. The lowest BCUT2D eigenvalue weighted by molar-refractivity contribution is 1.08. The number of rotatable bonds is 6. The van der Waals surface area contributed by atoms with Gasteiger partial charge in [0.25, 0.3) is 0 Å². The Balaban J connectivity index is 1.08. The zero-order valence-corrected chi connectivity index (χ0v) is 35.4. The fourth-order valence-electron chi connectivity index (χ4n) is 9.25. The van der Waals surface area contributed by atoms with E-state index in [4.69, 9.17) is 15.0 Å². The lowest BCUT2D eigenvalue weighted by atomic mass is 9.97. The van der Waals surface area contributed by atoms with Crippen molar-refractivity contribution in [3.8, 4) is 62.1 Å². The molecule has 0 unspecified atom stereocenters. The summed E-state index contributed by atoms with van der Waals surface area (Å²) in [6.07, 6.45) is 0. The van der Waals surface area contributed by atoms with Gasteiger partial charge in [-0.2, -0.15) is 0 Å². The zero-order chi connectivity index (χ0) is 41.4. The summed E-state index contributed by atoms with van der Waals surface area (Å²) in [5.41, 5.74) is 11.0. The van der Waals surface area contributed by atoms with Crippen LogP contribution in [0.5, 0.6) is 0 Å². The first-order valence-corrected chi connectivity index (χ1v) is 22.7. The number of thiophene rings is 2. The van der Waals surface area contributed by atoms with Gasteiger partial charge in [0.2, 0.25) is 0 Å². The number of aromatic nitrogens is 4. The van der Waals surface area contributed by atoms with E-state index >= 15 is 0 Å². The first-order valence-electron chi connectivity index (χ1n) is 21.1. The molecule has 4 heterocycles. The Hall–Kier alpha value is -7.77. The molecule has 0 aliphatic carbocycles. The quantitative estimate of drug-likeness (QED) is 0.168. The van der Waals surface area contributed by atoms with Crippen LogP contribution in [0.3, 0.4) is 0 Å². The molecule has 6 heteroatoms. The van der Waals surface area contributed by atoms with Gasteiger partial charge in [0, 0.05) is 73.5 Å². The number of nitrogens with zero attached hydrogens (tertiary/aromatic N) is 4. The summed E-state index contributed by atoms with van der Waals surface area (Å²) in [6.45, 7) is 0. The Labute approximate surface area is 370 Å². The number of hydrogen-bond acceptors (Lipinski definition) is 5. The van der Waals surface area contributed by atoms with E-state index in [9.17, 15) is 0 Å². The van der Waals surface area contributed by atoms with Crippen molar-refractivity contribution in [3.05, 3.63) is 206 Å². The van der Waals surface area contributed by atoms with E-state index < -0.39 is 0 Å². The smallest absolute Gasteiger partial charge is 0.165 e. The van der Waals surface area contributed by atoms with Gasteiger partial charge in [-0.05, 0) is 89.0 Å². The molecule has 0 radical (unpaired) electrons. The molecule has 4 aromatic heterocycles. The van der Waals surface area contributed by atoms with Crippen molar-refractivity contribution in [3.63, 3.8) is 0 Å². The first-order chi connectivity index (χ1) is 31.2. The van der Waals surface area contributed by atoms with Crippen molar-refractivity contribution in [2.45, 2.75) is 0 Å². The molecular formula is C57H34N4S2. The van der Waals surface area contributed by atoms with E-state index in [0.717, 1.165) is 38.1 Å². The van der Waals surface area contributed by atoms with Crippen LogP contribution in [0.25, 0.3) is 124 Å². The molecule has 0 bridgehead atoms. The van der Waals surface area contributed by atoms with Crippen LogP contribution in [0.15, 0.2) is 206 Å². The zero-order valence-electron chi connectivity index (χ0n) is 33.7. The Morgan fingerprint density at radius 2 is 0.810 bits per heavy atom. The Morgan fingerprint density at radius 1 is 0.302 bits per heavy atom. The Kier molecular flexibility index (Phi) is 8.22. The Bertz CT molecular complexity index is 3870. The fraction of sp³-hybridized carbons (Fsp3) is 0. The number of hydrogen-bond donors (Lipinski definition) is 0. The molecule has 294 valence electrons. The van der Waals surface area contributed by atoms with Gasteiger partial charge in [-0.15, -0.1) is 22.7 Å². The van der Waals surface area contributed by atoms with Crippen LogP contribution in [-0.2, 0) is 0 Å². The lowest BCUT2D eigenvalue weighted by Crippen LogP contribution is -2.01. The summed E-state index contributed by atoms with van der Waals surface area (Å²) < 4.78 is 7.27. The maximum absolute atomic E-state index is 5.42. The van der Waals surface area contributed by atoms with Gasteiger partial charge in [-0.3, -0.25) is 0 Å². The summed E-state index contributed by atoms with van der Waals surface area (Å²) >= 11 is 3.62. The standard InChI is InChI=1S/C57H34N4S2/c1-3-14-35(15-4-1)37-18-13-19-38(30-37)39-26-28-53-46(31-39)47-33-41(61-49-23-10-7-20-42(49)43-21-8-11-24-50(43)61)34-48(54(47)63-53)57-59-55(36-16-5-2-6-17-36)58-56(60-57)40-27-29-52-45(32-40)44-22-9-12-25-51(44)62-52/h1-34H. The van der Waals surface area contributed by atoms with Gasteiger partial charge in [-0.1, -0.05) is 140 Å². The maximum Gasteiger partial charge on any atom is 0.165 e. The molecule has 0 aliphatic heterocycles. The van der Waals surface area contributed by atoms with E-state index in [2.05, 4.69) is 193 Å². The van der Waals surface area contributed by atoms with Crippen LogP contribution >= 0.6 is 22.7 Å². The molecule has 0 spiro atoms. The summed E-state index contributed by atoms with van der Waals surface area (Å²) in [5.74, 6) is 1.93. The van der Waals surface area contributed by atoms with E-state index in [1.54, 1.807) is 11.3 Å². The van der Waals surface area contributed by atoms with Gasteiger partial charge < -0.3 is 4.57 Å². The molecule has 13 aromatic rings. The fourth-order valence-corrected chi connectivity index (χ4v) is 11.5. The number of para-hydroxylation sites is 2. The minimum absolute atomic E-state index is 0.642. The summed E-state index contributed by atoms with van der Waals surface area (Å²) in [7, 11) is 0. The molecule has 13 rings (SSSR count). The second kappa shape index (κ2) is 14.4. The van der Waals surface area contributed by atoms with Crippen LogP contribution in [0.1, 0.15) is 0 Å². The molecule has 0 atom stereocenters. The highest BCUT2D eigenvalue weighted by atomic mass is 32.1. The van der Waals surface area contributed by atoms with Crippen LogP contribution in [-0.4, -0.2) is 19.5 Å². The van der Waals surface area contributed by atoms with Crippen molar-refractivity contribution < 1.29 is 0 Å². The highest BCUT2D eigenvalue weighted by Gasteiger charge is 2.21. The molecule has 9 aromatic carbocycles. The largest absolute Gasteiger partial charge is 0.309 e. The Morgan fingerprint density at radius 3 is 1.56 bits per heavy atom. The highest BCUT2D eigenvalue weighted by molar-refractivity contribution is 7.26. The molecule has 0 saturated carbocycles. The third-order valence-electron chi connectivity index (χ3n) is 12.2. The summed E-state index contributed by atoms with van der Waals surface area (Å²) in [4.78, 5) is 16.0. The van der Waals surface area contributed by atoms with Gasteiger partial charge in [0.1, 0.15) is 0 Å². The molecule has 0 N–H and O–H groups in total. The van der Waals surface area contributed by atoms with E-state index in [-0.39, 0.29) is 0 Å². The lowest BCUT2D eigenvalue weighted by Gasteiger charge is -2.13. The van der Waals surface area contributed by atoms with Crippen molar-refractivity contribution in [1.82, 2.24) is 19.5 Å². The molecule has 0 aliphatic rings. The minimum atomic E-state index is 0.642. The molecule has 63 heavy (non-hydrogen) atoms. The van der Waals surface area contributed by atoms with Gasteiger partial charge >= 0.3 is 0 Å². The van der Waals surface area contributed by atoms with E-state index in [0.29, 0.717) is 17.5 Å². The number of fused-ring (bicyclic) bond motifs is 9. The van der Waals surface area contributed by atoms with Crippen LogP contribution in [0, 0.1) is 0 Å². The molecule has 0 fully saturated rings. The van der Waals surface area contributed by atoms with Gasteiger partial charge in [0.15, 0.2) is 17.5 Å². The normalized spacial score (nSPS) is 11.8. The average molecular weight is 839 g/mol. The van der Waals surface area contributed by atoms with Crippen LogP contribution in [0.2, 0.25) is 0 Å². The summed E-state index contributed by atoms with van der Waals surface area (Å²) in [6, 6.07) is 74.0. The number of benzene rings is 9. The predicted octanol–water partition coefficient (Wildman–Crippen LogP) is 16.0. The van der Waals surface area contributed by atoms with E-state index in [1.807, 2.05) is 29.5 Å². The minimum Gasteiger partial charge on any atom is -0.309 e. The van der Waals surface area contributed by atoms with Crippen LogP contribution < -0.4 is 0 Å². The van der Waals surface area contributed by atoms with E-state index in [1.165, 1.54) is 68.7 Å². The molecule has 0 amide bonds. The van der Waals surface area contributed by atoms with Gasteiger partial charge in [0.05, 0.1) is 11.0 Å². The second-order valence-electron chi connectivity index (χ2n) is 16.0. The SMILES string of the molecule is c1ccc(-c2cccc(-c3ccc4sc5c(-c6nc(-c7ccccc7)nc(-c7ccc8sc9ccccc9c8c7)n6)cc(-n6c7ccccc7c7ccccc76)cc5c4c3)c2)cc1. The third kappa shape index (κ3) is 5.98. The predicted molar refractivity (Wildman–Crippen MR) is 267 cm³/mol. The van der Waals surface area contributed by atoms with Crippen molar-refractivity contribution in [2.24, 2.45) is 0 Å². The second-order valence-corrected chi connectivity index (χ2v) is 18.1. The van der Waals surface area contributed by atoms with Gasteiger partial charge in [-0.25, -0.2) is 15.0 Å². The average Bonchev–Trinajstić information content (AvgIpc) is 4.03.